The van der Waals surface area contributed by atoms with Crippen LogP contribution < -0.4 is 10.2 Å². The first kappa shape index (κ1) is 13.4. The fourth-order valence-corrected chi connectivity index (χ4v) is 1.95. The maximum absolute atomic E-state index is 11.6. The average molecular weight is 260 g/mol. The van der Waals surface area contributed by atoms with Crippen LogP contribution in [0.3, 0.4) is 0 Å². The molecule has 0 saturated heterocycles. The van der Waals surface area contributed by atoms with Crippen molar-refractivity contribution in [3.05, 3.63) is 24.3 Å². The Morgan fingerprint density at radius 1 is 1.41 bits per heavy atom. The molecule has 17 heavy (non-hydrogen) atoms. The molecule has 0 aliphatic rings. The predicted octanol–water partition coefficient (Wildman–Crippen LogP) is 0.0228. The lowest BCUT2D eigenvalue weighted by molar-refractivity contribution is -0.141. The van der Waals surface area contributed by atoms with Gasteiger partial charge in [-0.25, -0.2) is 17.9 Å². The maximum Gasteiger partial charge on any atom is 0.332 e. The van der Waals surface area contributed by atoms with Crippen molar-refractivity contribution < 1.29 is 23.2 Å². The number of rotatable bonds is 6. The number of carbonyl (C=O) groups is 1. The van der Waals surface area contributed by atoms with E-state index in [1.165, 1.54) is 19.2 Å². The zero-order valence-corrected chi connectivity index (χ0v) is 9.82. The first-order chi connectivity index (χ1) is 7.97. The molecule has 0 saturated carbocycles. The number of sulfonamides is 1. The van der Waals surface area contributed by atoms with E-state index in [4.69, 9.17) is 5.11 Å². The van der Waals surface area contributed by atoms with E-state index in [0.717, 1.165) is 0 Å². The molecule has 0 radical (unpaired) electrons. The summed E-state index contributed by atoms with van der Waals surface area (Å²) < 4.78 is 25.3. The van der Waals surface area contributed by atoms with Crippen LogP contribution in [-0.4, -0.2) is 33.1 Å². The van der Waals surface area contributed by atoms with Crippen LogP contribution in [0.4, 0.5) is 5.69 Å². The van der Waals surface area contributed by atoms with Gasteiger partial charge in [0, 0.05) is 0 Å². The number of hydrogen-bond acceptors (Lipinski definition) is 5. The highest BCUT2D eigenvalue weighted by molar-refractivity contribution is 7.89. The van der Waals surface area contributed by atoms with Crippen molar-refractivity contribution in [3.63, 3.8) is 0 Å². The van der Waals surface area contributed by atoms with Crippen molar-refractivity contribution >= 4 is 21.7 Å². The average Bonchev–Trinajstić information content (AvgIpc) is 2.29. The summed E-state index contributed by atoms with van der Waals surface area (Å²) in [5.74, 6) is -1.16. The van der Waals surface area contributed by atoms with Gasteiger partial charge in [0.25, 0.3) is 0 Å². The van der Waals surface area contributed by atoms with Gasteiger partial charge in [-0.05, 0) is 19.2 Å². The Hall–Kier alpha value is -1.64. The SMILES string of the molecule is CNS(=O)(=O)c1ccccc1NOCC(=O)O. The third-order valence-corrected chi connectivity index (χ3v) is 3.30. The van der Waals surface area contributed by atoms with Gasteiger partial charge in [-0.1, -0.05) is 12.1 Å². The monoisotopic (exact) mass is 260 g/mol. The van der Waals surface area contributed by atoms with Crippen molar-refractivity contribution in [2.24, 2.45) is 0 Å². The fourth-order valence-electron chi connectivity index (χ4n) is 1.07. The van der Waals surface area contributed by atoms with Crippen LogP contribution in [0, 0.1) is 0 Å². The molecule has 0 unspecified atom stereocenters. The van der Waals surface area contributed by atoms with Gasteiger partial charge in [0.2, 0.25) is 10.0 Å². The number of anilines is 1. The van der Waals surface area contributed by atoms with Crippen molar-refractivity contribution in [3.8, 4) is 0 Å². The second-order valence-corrected chi connectivity index (χ2v) is 4.84. The fraction of sp³-hybridized carbons (Fsp3) is 0.222. The second kappa shape index (κ2) is 5.62. The van der Waals surface area contributed by atoms with E-state index in [-0.39, 0.29) is 10.6 Å². The molecule has 3 N–H and O–H groups in total. The van der Waals surface area contributed by atoms with Crippen LogP contribution in [0.25, 0.3) is 0 Å². The first-order valence-electron chi connectivity index (χ1n) is 4.59. The minimum Gasteiger partial charge on any atom is -0.479 e. The van der Waals surface area contributed by atoms with Gasteiger partial charge in [-0.15, -0.1) is 0 Å². The van der Waals surface area contributed by atoms with Gasteiger partial charge in [0.1, 0.15) is 4.90 Å². The van der Waals surface area contributed by atoms with Crippen molar-refractivity contribution in [1.82, 2.24) is 4.72 Å². The molecule has 0 amide bonds. The number of nitrogens with one attached hydrogen (secondary N) is 2. The predicted molar refractivity (Wildman–Crippen MR) is 59.9 cm³/mol. The molecule has 1 rings (SSSR count). The summed E-state index contributed by atoms with van der Waals surface area (Å²) in [6.07, 6.45) is 0. The molecule has 0 fully saturated rings. The third-order valence-electron chi connectivity index (χ3n) is 1.82. The van der Waals surface area contributed by atoms with Crippen LogP contribution >= 0.6 is 0 Å². The molecular formula is C9H12N2O5S. The Morgan fingerprint density at radius 2 is 2.06 bits per heavy atom. The summed E-state index contributed by atoms with van der Waals surface area (Å²) in [6.45, 7) is -0.575. The molecule has 8 heteroatoms. The highest BCUT2D eigenvalue weighted by Crippen LogP contribution is 2.19. The molecule has 0 atom stereocenters. The number of hydrogen-bond donors (Lipinski definition) is 3. The smallest absolute Gasteiger partial charge is 0.332 e. The first-order valence-corrected chi connectivity index (χ1v) is 6.08. The molecule has 0 heterocycles. The number of aliphatic carboxylic acids is 1. The van der Waals surface area contributed by atoms with E-state index < -0.39 is 22.6 Å². The number of benzene rings is 1. The largest absolute Gasteiger partial charge is 0.479 e. The zero-order valence-electron chi connectivity index (χ0n) is 9.00. The Bertz CT molecular complexity index is 500. The van der Waals surface area contributed by atoms with Crippen molar-refractivity contribution in [1.29, 1.82) is 0 Å². The summed E-state index contributed by atoms with van der Waals surface area (Å²) in [5, 5.41) is 8.37. The molecule has 1 aromatic carbocycles. The van der Waals surface area contributed by atoms with E-state index in [2.05, 4.69) is 15.0 Å². The number of carboxylic acids is 1. The molecule has 94 valence electrons. The third kappa shape index (κ3) is 3.70. The van der Waals surface area contributed by atoms with Crippen LogP contribution in [0.2, 0.25) is 0 Å². The van der Waals surface area contributed by atoms with Crippen LogP contribution in [0.15, 0.2) is 29.2 Å². The summed E-state index contributed by atoms with van der Waals surface area (Å²) >= 11 is 0. The van der Waals surface area contributed by atoms with E-state index in [1.54, 1.807) is 12.1 Å². The van der Waals surface area contributed by atoms with Crippen molar-refractivity contribution in [2.45, 2.75) is 4.90 Å². The molecule has 7 nitrogen and oxygen atoms in total. The van der Waals surface area contributed by atoms with Crippen LogP contribution in [0.5, 0.6) is 0 Å². The van der Waals surface area contributed by atoms with E-state index >= 15 is 0 Å². The quantitative estimate of drug-likeness (QED) is 0.623. The Kier molecular flexibility index (Phi) is 4.44. The minimum absolute atomic E-state index is 0.0205. The standard InChI is InChI=1S/C9H12N2O5S/c1-10-17(14,15)8-5-3-2-4-7(8)11-16-6-9(12)13/h2-5,10-11H,6H2,1H3,(H,12,13). The second-order valence-electron chi connectivity index (χ2n) is 2.99. The van der Waals surface area contributed by atoms with Gasteiger partial charge >= 0.3 is 5.97 Å². The van der Waals surface area contributed by atoms with Crippen molar-refractivity contribution in [2.75, 3.05) is 19.1 Å². The van der Waals surface area contributed by atoms with Gasteiger partial charge in [-0.2, -0.15) is 0 Å². The zero-order chi connectivity index (χ0) is 12.9. The topological polar surface area (TPSA) is 105 Å². The molecule has 0 spiro atoms. The summed E-state index contributed by atoms with van der Waals surface area (Å²) in [6, 6.07) is 5.98. The molecule has 0 aliphatic carbocycles. The highest BCUT2D eigenvalue weighted by atomic mass is 32.2. The highest BCUT2D eigenvalue weighted by Gasteiger charge is 2.16. The van der Waals surface area contributed by atoms with Gasteiger partial charge in [-0.3, -0.25) is 10.3 Å². The van der Waals surface area contributed by atoms with Gasteiger partial charge in [0.15, 0.2) is 6.61 Å². The lowest BCUT2D eigenvalue weighted by atomic mass is 10.3. The molecular weight excluding hydrogens is 248 g/mol. The van der Waals surface area contributed by atoms with E-state index in [0.29, 0.717) is 0 Å². The number of carboxylic acid groups (broad SMARTS) is 1. The minimum atomic E-state index is -3.62. The van der Waals surface area contributed by atoms with Crippen LogP contribution in [-0.2, 0) is 19.7 Å². The summed E-state index contributed by atoms with van der Waals surface area (Å²) in [4.78, 5) is 14.8. The Labute approximate surface area is 98.4 Å². The molecule has 0 aromatic heterocycles. The molecule has 0 bridgehead atoms. The summed E-state index contributed by atoms with van der Waals surface area (Å²) in [7, 11) is -2.34. The maximum atomic E-state index is 11.6. The van der Waals surface area contributed by atoms with E-state index in [9.17, 15) is 13.2 Å². The van der Waals surface area contributed by atoms with E-state index in [1.807, 2.05) is 0 Å². The van der Waals surface area contributed by atoms with Gasteiger partial charge < -0.3 is 5.11 Å². The Balaban J connectivity index is 2.89. The normalized spacial score (nSPS) is 11.1. The number of para-hydroxylation sites is 1. The van der Waals surface area contributed by atoms with Gasteiger partial charge in [0.05, 0.1) is 5.69 Å². The lowest BCUT2D eigenvalue weighted by Gasteiger charge is -2.10. The Morgan fingerprint density at radius 3 is 2.65 bits per heavy atom. The molecule has 1 aromatic rings. The lowest BCUT2D eigenvalue weighted by Crippen LogP contribution is -2.20. The molecule has 0 aliphatic heterocycles. The van der Waals surface area contributed by atoms with Crippen LogP contribution in [0.1, 0.15) is 0 Å². The summed E-state index contributed by atoms with van der Waals surface area (Å²) in [5.41, 5.74) is 2.45.